The summed E-state index contributed by atoms with van der Waals surface area (Å²) >= 11 is 5.55. The van der Waals surface area contributed by atoms with Crippen LogP contribution in [0.25, 0.3) is 0 Å². The zero-order valence-corrected chi connectivity index (χ0v) is 11.6. The highest BCUT2D eigenvalue weighted by molar-refractivity contribution is 6.31. The van der Waals surface area contributed by atoms with Gasteiger partial charge < -0.3 is 9.73 Å². The summed E-state index contributed by atoms with van der Waals surface area (Å²) in [5.41, 5.74) is 0.883. The molecule has 3 amide bonds. The minimum atomic E-state index is -0.746. The SMILES string of the molecule is Cc1cc(C(C)NC(=O)NC(=O)C(C)Cl)c(C)o1. The first-order valence-electron chi connectivity index (χ1n) is 5.63. The lowest BCUT2D eigenvalue weighted by Gasteiger charge is -2.13. The Morgan fingerprint density at radius 3 is 2.39 bits per heavy atom. The lowest BCUT2D eigenvalue weighted by molar-refractivity contribution is -0.119. The smallest absolute Gasteiger partial charge is 0.321 e. The van der Waals surface area contributed by atoms with E-state index >= 15 is 0 Å². The van der Waals surface area contributed by atoms with Gasteiger partial charge in [0.25, 0.3) is 0 Å². The third-order valence-corrected chi connectivity index (χ3v) is 2.69. The van der Waals surface area contributed by atoms with Gasteiger partial charge in [0.2, 0.25) is 5.91 Å². The molecule has 0 bridgehead atoms. The predicted octanol–water partition coefficient (Wildman–Crippen LogP) is 2.41. The average Bonchev–Trinajstić information content (AvgIpc) is 2.57. The molecule has 18 heavy (non-hydrogen) atoms. The van der Waals surface area contributed by atoms with E-state index in [4.69, 9.17) is 16.0 Å². The van der Waals surface area contributed by atoms with Gasteiger partial charge in [0.15, 0.2) is 0 Å². The topological polar surface area (TPSA) is 71.3 Å². The molecule has 1 aromatic rings. The summed E-state index contributed by atoms with van der Waals surface area (Å²) in [6.45, 7) is 6.97. The van der Waals surface area contributed by atoms with Crippen LogP contribution in [-0.4, -0.2) is 17.3 Å². The number of urea groups is 1. The van der Waals surface area contributed by atoms with Crippen LogP contribution in [0.15, 0.2) is 10.5 Å². The fourth-order valence-electron chi connectivity index (χ4n) is 1.60. The van der Waals surface area contributed by atoms with Gasteiger partial charge in [0.1, 0.15) is 16.9 Å². The van der Waals surface area contributed by atoms with Gasteiger partial charge in [-0.25, -0.2) is 4.79 Å². The Kier molecular flexibility index (Phi) is 4.78. The summed E-state index contributed by atoms with van der Waals surface area (Å²) in [4.78, 5) is 22.7. The molecule has 1 rings (SSSR count). The van der Waals surface area contributed by atoms with Crippen LogP contribution < -0.4 is 10.6 Å². The van der Waals surface area contributed by atoms with E-state index in [1.165, 1.54) is 6.92 Å². The lowest BCUT2D eigenvalue weighted by atomic mass is 10.1. The number of halogens is 1. The van der Waals surface area contributed by atoms with Gasteiger partial charge in [0, 0.05) is 5.56 Å². The van der Waals surface area contributed by atoms with Gasteiger partial charge in [-0.1, -0.05) is 0 Å². The Hall–Kier alpha value is -1.49. The highest BCUT2D eigenvalue weighted by atomic mass is 35.5. The fourth-order valence-corrected chi connectivity index (χ4v) is 1.66. The molecule has 0 spiro atoms. The van der Waals surface area contributed by atoms with E-state index in [1.54, 1.807) is 0 Å². The molecule has 0 aliphatic heterocycles. The third kappa shape index (κ3) is 3.77. The quantitative estimate of drug-likeness (QED) is 0.830. The van der Waals surface area contributed by atoms with Crippen LogP contribution in [0, 0.1) is 13.8 Å². The van der Waals surface area contributed by atoms with Crippen LogP contribution in [0.4, 0.5) is 4.79 Å². The number of amides is 3. The number of furan rings is 1. The third-order valence-electron chi connectivity index (χ3n) is 2.49. The second-order valence-corrected chi connectivity index (χ2v) is 4.82. The van der Waals surface area contributed by atoms with Crippen molar-refractivity contribution >= 4 is 23.5 Å². The molecule has 100 valence electrons. The van der Waals surface area contributed by atoms with E-state index in [2.05, 4.69) is 10.6 Å². The molecule has 0 fully saturated rings. The molecule has 5 nitrogen and oxygen atoms in total. The summed E-state index contributed by atoms with van der Waals surface area (Å²) in [7, 11) is 0. The zero-order chi connectivity index (χ0) is 13.9. The van der Waals surface area contributed by atoms with E-state index in [1.807, 2.05) is 26.8 Å². The Labute approximate surface area is 111 Å². The van der Waals surface area contributed by atoms with E-state index < -0.39 is 17.3 Å². The second kappa shape index (κ2) is 5.91. The number of aryl methyl sites for hydroxylation is 2. The zero-order valence-electron chi connectivity index (χ0n) is 10.8. The molecule has 0 aliphatic rings. The van der Waals surface area contributed by atoms with E-state index in [-0.39, 0.29) is 6.04 Å². The summed E-state index contributed by atoms with van der Waals surface area (Å²) in [5.74, 6) is 1.00. The molecule has 2 N–H and O–H groups in total. The maximum atomic E-state index is 11.5. The van der Waals surface area contributed by atoms with E-state index in [0.717, 1.165) is 17.1 Å². The van der Waals surface area contributed by atoms with Crippen LogP contribution in [0.3, 0.4) is 0 Å². The molecule has 1 aromatic heterocycles. The molecule has 0 saturated heterocycles. The van der Waals surface area contributed by atoms with Crippen LogP contribution in [0.2, 0.25) is 0 Å². The summed E-state index contributed by atoms with van der Waals surface area (Å²) in [6.07, 6.45) is 0. The van der Waals surface area contributed by atoms with Gasteiger partial charge in [-0.2, -0.15) is 0 Å². The molecule has 2 unspecified atom stereocenters. The Balaban J connectivity index is 2.60. The minimum Gasteiger partial charge on any atom is -0.466 e. The minimum absolute atomic E-state index is 0.249. The van der Waals surface area contributed by atoms with Crippen LogP contribution >= 0.6 is 11.6 Å². The van der Waals surface area contributed by atoms with Crippen molar-refractivity contribution in [1.29, 1.82) is 0 Å². The van der Waals surface area contributed by atoms with Crippen molar-refractivity contribution in [3.8, 4) is 0 Å². The van der Waals surface area contributed by atoms with Gasteiger partial charge in [-0.3, -0.25) is 10.1 Å². The Morgan fingerprint density at radius 1 is 1.33 bits per heavy atom. The van der Waals surface area contributed by atoms with Crippen LogP contribution in [0.1, 0.15) is 37.0 Å². The van der Waals surface area contributed by atoms with E-state index in [0.29, 0.717) is 0 Å². The number of imide groups is 1. The van der Waals surface area contributed by atoms with Crippen molar-refractivity contribution in [1.82, 2.24) is 10.6 Å². The highest BCUT2D eigenvalue weighted by Crippen LogP contribution is 2.20. The van der Waals surface area contributed by atoms with Crippen molar-refractivity contribution in [3.63, 3.8) is 0 Å². The number of carbonyl (C=O) groups excluding carboxylic acids is 2. The van der Waals surface area contributed by atoms with E-state index in [9.17, 15) is 9.59 Å². The van der Waals surface area contributed by atoms with Crippen molar-refractivity contribution in [2.45, 2.75) is 39.1 Å². The normalized spacial score (nSPS) is 13.8. The first-order chi connectivity index (χ1) is 8.31. The van der Waals surface area contributed by atoms with Crippen molar-refractivity contribution in [2.24, 2.45) is 0 Å². The number of hydrogen-bond donors (Lipinski definition) is 2. The van der Waals surface area contributed by atoms with Gasteiger partial charge in [-0.15, -0.1) is 11.6 Å². The monoisotopic (exact) mass is 272 g/mol. The van der Waals surface area contributed by atoms with Crippen LogP contribution in [-0.2, 0) is 4.79 Å². The van der Waals surface area contributed by atoms with Crippen molar-refractivity contribution in [2.75, 3.05) is 0 Å². The number of rotatable bonds is 3. The molecular formula is C12H17ClN2O3. The number of alkyl halides is 1. The Morgan fingerprint density at radius 2 is 1.94 bits per heavy atom. The molecule has 0 radical (unpaired) electrons. The Bertz CT molecular complexity index is 454. The fraction of sp³-hybridized carbons (Fsp3) is 0.500. The number of hydrogen-bond acceptors (Lipinski definition) is 3. The summed E-state index contributed by atoms with van der Waals surface area (Å²) in [6, 6.07) is 1.03. The highest BCUT2D eigenvalue weighted by Gasteiger charge is 2.17. The summed E-state index contributed by atoms with van der Waals surface area (Å²) in [5, 5.41) is 4.06. The standard InChI is InChI=1S/C12H17ClN2O3/c1-6-5-10(9(4)18-6)8(3)14-12(17)15-11(16)7(2)13/h5,7-8H,1-4H3,(H2,14,15,16,17). The van der Waals surface area contributed by atoms with Gasteiger partial charge in [0.05, 0.1) is 6.04 Å². The molecule has 0 aromatic carbocycles. The number of nitrogens with one attached hydrogen (secondary N) is 2. The van der Waals surface area contributed by atoms with Gasteiger partial charge >= 0.3 is 6.03 Å². The largest absolute Gasteiger partial charge is 0.466 e. The van der Waals surface area contributed by atoms with Crippen molar-refractivity contribution in [3.05, 3.63) is 23.2 Å². The predicted molar refractivity (Wildman–Crippen MR) is 68.6 cm³/mol. The molecule has 2 atom stereocenters. The molecule has 0 aliphatic carbocycles. The average molecular weight is 273 g/mol. The maximum absolute atomic E-state index is 11.5. The molecule has 1 heterocycles. The first-order valence-corrected chi connectivity index (χ1v) is 6.07. The van der Waals surface area contributed by atoms with Gasteiger partial charge in [-0.05, 0) is 33.8 Å². The summed E-state index contributed by atoms with van der Waals surface area (Å²) < 4.78 is 5.38. The molecular weight excluding hydrogens is 256 g/mol. The second-order valence-electron chi connectivity index (χ2n) is 4.17. The van der Waals surface area contributed by atoms with Crippen LogP contribution in [0.5, 0.6) is 0 Å². The first kappa shape index (κ1) is 14.6. The maximum Gasteiger partial charge on any atom is 0.321 e. The molecule has 6 heteroatoms. The van der Waals surface area contributed by atoms with Crippen molar-refractivity contribution < 1.29 is 14.0 Å². The number of carbonyl (C=O) groups is 2. The molecule has 0 saturated carbocycles. The lowest BCUT2D eigenvalue weighted by Crippen LogP contribution is -2.43.